The first kappa shape index (κ1) is 40.1. The molecule has 2 heterocycles. The minimum atomic E-state index is -4.77. The van der Waals surface area contributed by atoms with E-state index in [1.807, 2.05) is 43.3 Å². The molecule has 0 saturated heterocycles. The molecule has 19 heteroatoms. The Morgan fingerprint density at radius 3 is 1.69 bits per heavy atom. The van der Waals surface area contributed by atoms with Crippen molar-refractivity contribution in [2.75, 3.05) is 17.2 Å². The molecule has 0 aliphatic carbocycles. The van der Waals surface area contributed by atoms with Gasteiger partial charge in [0.25, 0.3) is 11.4 Å². The number of nitro groups is 2. The van der Waals surface area contributed by atoms with Crippen LogP contribution in [0.1, 0.15) is 41.2 Å². The topological polar surface area (TPSA) is 168 Å². The summed E-state index contributed by atoms with van der Waals surface area (Å²) >= 11 is 3.32. The zero-order valence-corrected chi connectivity index (χ0v) is 27.1. The highest BCUT2D eigenvalue weighted by atomic mass is 32.2. The van der Waals surface area contributed by atoms with Crippen LogP contribution in [0, 0.1) is 20.2 Å². The van der Waals surface area contributed by atoms with Gasteiger partial charge in [0, 0.05) is 46.2 Å². The van der Waals surface area contributed by atoms with Gasteiger partial charge in [-0.3, -0.25) is 40.0 Å². The first-order chi connectivity index (χ1) is 23.0. The van der Waals surface area contributed by atoms with E-state index in [2.05, 4.69) is 21.9 Å². The van der Waals surface area contributed by atoms with Crippen LogP contribution in [0.4, 0.5) is 49.1 Å². The van der Waals surface area contributed by atoms with Crippen molar-refractivity contribution in [2.24, 2.45) is 4.99 Å². The number of carbonyl (C=O) groups excluding carboxylic acids is 1. The lowest BCUT2D eigenvalue weighted by Gasteiger charge is -2.06. The van der Waals surface area contributed by atoms with Gasteiger partial charge in [0.05, 0.1) is 21.1 Å². The molecule has 0 aliphatic heterocycles. The van der Waals surface area contributed by atoms with Crippen LogP contribution >= 0.6 is 23.5 Å². The third kappa shape index (κ3) is 12.5. The standard InChI is InChI=1S/C15H12F3N3O2S.C8H11NS.C7H3F3N2O3/c1-2-24-13-6-4-3-5-11(13)19-8-10-9-20-14(15(16,17)18)7-12(10)21(22)23;1-2-10-8-6-4-3-5-7(8)9;8-7(9,10)6-1-5(12(14)15)4(3-13)2-11-6/h3-9H,2H2,1H3;3-6H,2,9H2,1H3;1-3H. The van der Waals surface area contributed by atoms with E-state index in [0.717, 1.165) is 34.5 Å². The number of pyridine rings is 2. The van der Waals surface area contributed by atoms with Gasteiger partial charge in [-0.05, 0) is 35.8 Å². The second kappa shape index (κ2) is 18.5. The highest BCUT2D eigenvalue weighted by Gasteiger charge is 2.35. The summed E-state index contributed by atoms with van der Waals surface area (Å²) in [6.07, 6.45) is -6.96. The second-order valence-corrected chi connectivity index (χ2v) is 11.6. The van der Waals surface area contributed by atoms with Crippen LogP contribution in [0.2, 0.25) is 0 Å². The van der Waals surface area contributed by atoms with Crippen LogP contribution in [0.5, 0.6) is 0 Å². The Hall–Kier alpha value is -5.04. The molecule has 49 heavy (non-hydrogen) atoms. The number of nitrogens with zero attached hydrogens (tertiary/aromatic N) is 5. The van der Waals surface area contributed by atoms with Crippen molar-refractivity contribution in [3.05, 3.63) is 116 Å². The summed E-state index contributed by atoms with van der Waals surface area (Å²) in [7, 11) is 0. The lowest BCUT2D eigenvalue weighted by molar-refractivity contribution is -0.385. The molecule has 4 rings (SSSR count). The lowest BCUT2D eigenvalue weighted by atomic mass is 10.2. The van der Waals surface area contributed by atoms with Gasteiger partial charge in [-0.15, -0.1) is 23.5 Å². The van der Waals surface area contributed by atoms with Crippen LogP contribution < -0.4 is 5.73 Å². The molecule has 0 unspecified atom stereocenters. The van der Waals surface area contributed by atoms with Crippen molar-refractivity contribution < 1.29 is 41.0 Å². The summed E-state index contributed by atoms with van der Waals surface area (Å²) in [5, 5.41) is 21.3. The predicted molar refractivity (Wildman–Crippen MR) is 175 cm³/mol. The summed E-state index contributed by atoms with van der Waals surface area (Å²) < 4.78 is 74.2. The average molecular weight is 729 g/mol. The fraction of sp³-hybridized carbons (Fsp3) is 0.200. The number of aliphatic imine (C=N–C) groups is 1. The molecule has 0 fully saturated rings. The molecule has 2 N–H and O–H groups in total. The minimum absolute atomic E-state index is 0.0747. The maximum Gasteiger partial charge on any atom is 0.433 e. The number of halogens is 6. The number of alkyl halides is 6. The molecule has 11 nitrogen and oxygen atoms in total. The van der Waals surface area contributed by atoms with Gasteiger partial charge in [0.15, 0.2) is 17.7 Å². The minimum Gasteiger partial charge on any atom is -0.398 e. The van der Waals surface area contributed by atoms with Gasteiger partial charge in [-0.25, -0.2) is 0 Å². The van der Waals surface area contributed by atoms with E-state index in [-0.39, 0.29) is 17.9 Å². The molecule has 0 spiro atoms. The van der Waals surface area contributed by atoms with E-state index in [4.69, 9.17) is 5.73 Å². The normalized spacial score (nSPS) is 11.2. The summed E-state index contributed by atoms with van der Waals surface area (Å²) in [5.74, 6) is 1.89. The van der Waals surface area contributed by atoms with Crippen molar-refractivity contribution in [3.63, 3.8) is 0 Å². The van der Waals surface area contributed by atoms with E-state index >= 15 is 0 Å². The molecule has 4 aromatic rings. The molecular formula is C30H26F6N6O5S2. The quantitative estimate of drug-likeness (QED) is 0.0334. The fourth-order valence-corrected chi connectivity index (χ4v) is 4.95. The smallest absolute Gasteiger partial charge is 0.398 e. The zero-order valence-electron chi connectivity index (χ0n) is 25.4. The van der Waals surface area contributed by atoms with Crippen molar-refractivity contribution >= 4 is 58.8 Å². The third-order valence-corrected chi connectivity index (χ3v) is 7.57. The Bertz CT molecular complexity index is 1790. The van der Waals surface area contributed by atoms with E-state index in [1.54, 1.807) is 35.7 Å². The Kier molecular flexibility index (Phi) is 15.1. The molecular weight excluding hydrogens is 702 g/mol. The molecule has 2 aromatic carbocycles. The largest absolute Gasteiger partial charge is 0.433 e. The van der Waals surface area contributed by atoms with Crippen LogP contribution in [0.15, 0.2) is 87.8 Å². The number of aldehydes is 1. The SMILES string of the molecule is CCSc1ccccc1N.CCSc1ccccc1N=Cc1cnc(C(F)(F)F)cc1[N+](=O)[O-].O=Cc1cnc(C(F)(F)F)cc1[N+](=O)[O-]. The van der Waals surface area contributed by atoms with E-state index in [1.165, 1.54) is 4.90 Å². The molecule has 260 valence electrons. The van der Waals surface area contributed by atoms with Crippen molar-refractivity contribution in [2.45, 2.75) is 36.0 Å². The molecule has 0 atom stereocenters. The maximum absolute atomic E-state index is 12.6. The van der Waals surface area contributed by atoms with Gasteiger partial charge >= 0.3 is 12.4 Å². The lowest BCUT2D eigenvalue weighted by Crippen LogP contribution is -2.09. The molecule has 0 bridgehead atoms. The van der Waals surface area contributed by atoms with Gasteiger partial charge in [-0.2, -0.15) is 26.3 Å². The number of carbonyl (C=O) groups is 1. The molecule has 2 aromatic heterocycles. The number of hydrogen-bond donors (Lipinski definition) is 1. The summed E-state index contributed by atoms with van der Waals surface area (Å²) in [5.41, 5.74) is 2.25. The number of nitrogens with two attached hydrogens (primary N) is 1. The maximum atomic E-state index is 12.6. The summed E-state index contributed by atoms with van der Waals surface area (Å²) in [4.78, 5) is 42.0. The molecule has 0 saturated carbocycles. The van der Waals surface area contributed by atoms with E-state index in [9.17, 15) is 51.4 Å². The zero-order chi connectivity index (χ0) is 36.8. The first-order valence-corrected chi connectivity index (χ1v) is 15.6. The second-order valence-electron chi connectivity index (χ2n) is 9.01. The Morgan fingerprint density at radius 1 is 0.776 bits per heavy atom. The molecule has 0 aliphatic rings. The number of rotatable bonds is 9. The summed E-state index contributed by atoms with van der Waals surface area (Å²) in [6.45, 7) is 4.09. The van der Waals surface area contributed by atoms with Crippen molar-refractivity contribution in [1.29, 1.82) is 0 Å². The number of anilines is 1. The van der Waals surface area contributed by atoms with Crippen molar-refractivity contribution in [3.8, 4) is 0 Å². The van der Waals surface area contributed by atoms with Gasteiger partial charge in [-0.1, -0.05) is 38.1 Å². The highest BCUT2D eigenvalue weighted by Crippen LogP contribution is 2.33. The van der Waals surface area contributed by atoms with Gasteiger partial charge < -0.3 is 5.73 Å². The Labute approximate surface area is 283 Å². The number of thioether (sulfide) groups is 2. The Balaban J connectivity index is 0.000000283. The number of nitrogen functional groups attached to an aromatic ring is 1. The van der Waals surface area contributed by atoms with Crippen LogP contribution in [0.3, 0.4) is 0 Å². The number of benzene rings is 2. The molecule has 0 radical (unpaired) electrons. The predicted octanol–water partition coefficient (Wildman–Crippen LogP) is 9.07. The number of aromatic nitrogens is 2. The van der Waals surface area contributed by atoms with E-state index in [0.29, 0.717) is 18.0 Å². The molecule has 0 amide bonds. The van der Waals surface area contributed by atoms with E-state index < -0.39 is 50.5 Å². The van der Waals surface area contributed by atoms with Gasteiger partial charge in [0.2, 0.25) is 0 Å². The van der Waals surface area contributed by atoms with Crippen molar-refractivity contribution in [1.82, 2.24) is 9.97 Å². The Morgan fingerprint density at radius 2 is 1.22 bits per heavy atom. The monoisotopic (exact) mass is 728 g/mol. The first-order valence-electron chi connectivity index (χ1n) is 13.6. The van der Waals surface area contributed by atoms with Crippen LogP contribution in [-0.4, -0.2) is 43.8 Å². The van der Waals surface area contributed by atoms with Crippen LogP contribution in [-0.2, 0) is 12.4 Å². The number of hydrogen-bond acceptors (Lipinski definition) is 11. The fourth-order valence-electron chi connectivity index (χ4n) is 3.48. The van der Waals surface area contributed by atoms with Crippen LogP contribution in [0.25, 0.3) is 0 Å². The van der Waals surface area contributed by atoms with Gasteiger partial charge in [0.1, 0.15) is 5.56 Å². The number of para-hydroxylation sites is 2. The third-order valence-electron chi connectivity index (χ3n) is 5.65. The average Bonchev–Trinajstić information content (AvgIpc) is 3.05. The summed E-state index contributed by atoms with van der Waals surface area (Å²) in [6, 6.07) is 15.7. The highest BCUT2D eigenvalue weighted by molar-refractivity contribution is 7.99.